The number of hydrogen-bond donors (Lipinski definition) is 3. The van der Waals surface area contributed by atoms with E-state index >= 15 is 0 Å². The molecule has 2 atom stereocenters. The number of amides is 4. The van der Waals surface area contributed by atoms with E-state index in [0.717, 1.165) is 51.6 Å². The van der Waals surface area contributed by atoms with Gasteiger partial charge in [0.2, 0.25) is 0 Å². The van der Waals surface area contributed by atoms with Crippen LogP contribution in [0, 0.1) is 11.7 Å². The van der Waals surface area contributed by atoms with Crippen molar-refractivity contribution in [1.29, 1.82) is 0 Å². The van der Waals surface area contributed by atoms with Crippen LogP contribution < -0.4 is 20.7 Å². The highest BCUT2D eigenvalue weighted by atomic mass is 32.1. The number of carbonyl (C=O) groups is 4. The number of piperidine rings is 1. The van der Waals surface area contributed by atoms with Crippen LogP contribution in [0.2, 0.25) is 0 Å². The Labute approximate surface area is 474 Å². The Morgan fingerprint density at radius 2 is 1.09 bits per heavy atom. The molecule has 1 aliphatic heterocycles. The third kappa shape index (κ3) is 16.3. The molecule has 418 valence electrons. The van der Waals surface area contributed by atoms with Crippen molar-refractivity contribution in [3.63, 3.8) is 0 Å². The van der Waals surface area contributed by atoms with Gasteiger partial charge < -0.3 is 43.7 Å². The molecule has 0 bridgehead atoms. The van der Waals surface area contributed by atoms with Crippen LogP contribution in [0.4, 0.5) is 4.39 Å². The van der Waals surface area contributed by atoms with Crippen LogP contribution in [0.25, 0.3) is 43.9 Å². The average Bonchev–Trinajstić information content (AvgIpc) is 4.33. The maximum absolute atomic E-state index is 12.8. The fourth-order valence-corrected chi connectivity index (χ4v) is 10.7. The first-order chi connectivity index (χ1) is 38.8. The van der Waals surface area contributed by atoms with Crippen LogP contribution >= 0.6 is 34.0 Å². The highest BCUT2D eigenvalue weighted by molar-refractivity contribution is 7.13. The van der Waals surface area contributed by atoms with E-state index in [1.165, 1.54) is 37.8 Å². The van der Waals surface area contributed by atoms with Gasteiger partial charge in [0, 0.05) is 64.9 Å². The number of carbonyl (C=O) groups excluding carboxylic acids is 4. The van der Waals surface area contributed by atoms with E-state index in [1.54, 1.807) is 77.5 Å². The van der Waals surface area contributed by atoms with E-state index < -0.39 is 0 Å². The molecule has 17 nitrogen and oxygen atoms in total. The summed E-state index contributed by atoms with van der Waals surface area (Å²) in [4.78, 5) is 53.5. The Hall–Kier alpha value is -8.01. The summed E-state index contributed by atoms with van der Waals surface area (Å²) in [7, 11) is 1.63. The molecule has 3 N–H and O–H groups in total. The summed E-state index contributed by atoms with van der Waals surface area (Å²) in [6.45, 7) is 9.30. The topological polar surface area (TPSA) is 221 Å². The van der Waals surface area contributed by atoms with Crippen LogP contribution in [-0.4, -0.2) is 80.9 Å². The highest BCUT2D eigenvalue weighted by Crippen LogP contribution is 2.30. The summed E-state index contributed by atoms with van der Waals surface area (Å²) >= 11 is 4.73. The number of benzene rings is 2. The molecular weight excluding hydrogens is 1080 g/mol. The van der Waals surface area contributed by atoms with Crippen molar-refractivity contribution >= 4 is 57.6 Å². The third-order valence-corrected chi connectivity index (χ3v) is 15.7. The number of nitrogens with one attached hydrogen (secondary N) is 3. The van der Waals surface area contributed by atoms with Gasteiger partial charge in [-0.2, -0.15) is 0 Å². The lowest BCUT2D eigenvalue weighted by atomic mass is 9.95. The van der Waals surface area contributed by atoms with Gasteiger partial charge in [0.05, 0.1) is 23.4 Å². The third-order valence-electron chi connectivity index (χ3n) is 13.0. The van der Waals surface area contributed by atoms with E-state index in [2.05, 4.69) is 50.4 Å². The molecule has 1 saturated heterocycles. The minimum absolute atomic E-state index is 0.0480. The van der Waals surface area contributed by atoms with Crippen LogP contribution in [0.3, 0.4) is 0 Å². The summed E-state index contributed by atoms with van der Waals surface area (Å²) in [5.41, 5.74) is 2.82. The SMILES string of the molecule is CC(C)CNC(=O)c1cc(-c2ccc(F)cc2)on1.COc1ccc(-c2cc(C(=O)N3C(C)CCCC3C)no2)cc1.O=C(NC1CCCCC1)c1cc(-c2cccs2)on1.O=C(NCc1cccs1)c1cc(-c2cccs2)on1. The number of nitrogens with zero attached hydrogens (tertiary/aromatic N) is 5. The molecular formula is C59H63FN8O9S3. The minimum atomic E-state index is -0.321. The second-order valence-corrected chi connectivity index (χ2v) is 22.4. The predicted octanol–water partition coefficient (Wildman–Crippen LogP) is 13.5. The van der Waals surface area contributed by atoms with E-state index in [0.29, 0.717) is 70.7 Å². The molecule has 2 fully saturated rings. The smallest absolute Gasteiger partial charge is 0.276 e. The van der Waals surface area contributed by atoms with Gasteiger partial charge >= 0.3 is 0 Å². The van der Waals surface area contributed by atoms with Crippen LogP contribution in [-0.2, 0) is 6.54 Å². The summed E-state index contributed by atoms with van der Waals surface area (Å²) in [6, 6.07) is 32.4. The van der Waals surface area contributed by atoms with Crippen LogP contribution in [0.1, 0.15) is 126 Å². The van der Waals surface area contributed by atoms with Crippen molar-refractivity contribution in [2.24, 2.45) is 5.92 Å². The molecule has 7 aromatic heterocycles. The van der Waals surface area contributed by atoms with E-state index in [9.17, 15) is 23.6 Å². The molecule has 1 aliphatic carbocycles. The Balaban J connectivity index is 0.000000141. The van der Waals surface area contributed by atoms with Crippen LogP contribution in [0.5, 0.6) is 5.75 Å². The molecule has 80 heavy (non-hydrogen) atoms. The zero-order valence-corrected chi connectivity index (χ0v) is 47.5. The molecule has 4 amide bonds. The summed E-state index contributed by atoms with van der Waals surface area (Å²) in [5.74, 6) is 2.46. The fraction of sp³-hybridized carbons (Fsp3) is 0.322. The van der Waals surface area contributed by atoms with Gasteiger partial charge in [-0.1, -0.05) is 71.9 Å². The number of thiophene rings is 3. The van der Waals surface area contributed by atoms with Crippen molar-refractivity contribution in [3.8, 4) is 49.7 Å². The summed E-state index contributed by atoms with van der Waals surface area (Å²) in [6.07, 6.45) is 9.07. The molecule has 0 radical (unpaired) electrons. The first-order valence-corrected chi connectivity index (χ1v) is 29.0. The molecule has 11 rings (SSSR count). The first kappa shape index (κ1) is 58.1. The second kappa shape index (κ2) is 28.7. The van der Waals surface area contributed by atoms with Gasteiger partial charge in [-0.15, -0.1) is 34.0 Å². The Morgan fingerprint density at radius 1 is 0.600 bits per heavy atom. The van der Waals surface area contributed by atoms with Crippen molar-refractivity contribution in [2.75, 3.05) is 13.7 Å². The number of hydrogen-bond acceptors (Lipinski definition) is 16. The molecule has 1 saturated carbocycles. The Morgan fingerprint density at radius 3 is 1.61 bits per heavy atom. The van der Waals surface area contributed by atoms with E-state index in [4.69, 9.17) is 22.8 Å². The molecule has 2 unspecified atom stereocenters. The number of ether oxygens (including phenoxy) is 1. The summed E-state index contributed by atoms with van der Waals surface area (Å²) < 4.78 is 38.8. The monoisotopic (exact) mass is 1140 g/mol. The predicted molar refractivity (Wildman–Crippen MR) is 306 cm³/mol. The van der Waals surface area contributed by atoms with Gasteiger partial charge in [-0.3, -0.25) is 19.2 Å². The molecule has 8 heterocycles. The zero-order chi connectivity index (χ0) is 56.4. The summed E-state index contributed by atoms with van der Waals surface area (Å²) in [5, 5.41) is 29.8. The molecule has 0 spiro atoms. The number of aromatic nitrogens is 4. The molecule has 21 heteroatoms. The quantitative estimate of drug-likeness (QED) is 0.0923. The van der Waals surface area contributed by atoms with Gasteiger partial charge in [-0.25, -0.2) is 4.39 Å². The Kier molecular flexibility index (Phi) is 20.9. The van der Waals surface area contributed by atoms with E-state index in [1.807, 2.05) is 95.6 Å². The van der Waals surface area contributed by atoms with Crippen molar-refractivity contribution in [1.82, 2.24) is 41.5 Å². The van der Waals surface area contributed by atoms with Gasteiger partial charge in [-0.05, 0) is 135 Å². The van der Waals surface area contributed by atoms with Gasteiger partial charge in [0.15, 0.2) is 45.8 Å². The molecule has 2 aromatic carbocycles. The maximum Gasteiger partial charge on any atom is 0.276 e. The van der Waals surface area contributed by atoms with Crippen LogP contribution in [0.15, 0.2) is 143 Å². The first-order valence-electron chi connectivity index (χ1n) is 26.4. The van der Waals surface area contributed by atoms with Gasteiger partial charge in [0.1, 0.15) is 11.6 Å². The number of rotatable bonds is 14. The minimum Gasteiger partial charge on any atom is -0.497 e. The highest BCUT2D eigenvalue weighted by Gasteiger charge is 2.31. The van der Waals surface area contributed by atoms with E-state index in [-0.39, 0.29) is 47.2 Å². The fourth-order valence-electron chi connectivity index (χ4n) is 8.75. The van der Waals surface area contributed by atoms with Crippen molar-refractivity contribution in [3.05, 3.63) is 159 Å². The van der Waals surface area contributed by atoms with Crippen molar-refractivity contribution in [2.45, 2.75) is 104 Å². The number of likely N-dealkylation sites (tertiary alicyclic amines) is 1. The average molecular weight is 1140 g/mol. The van der Waals surface area contributed by atoms with Gasteiger partial charge in [0.25, 0.3) is 23.6 Å². The standard InChI is InChI=1S/C18H22N2O3.C14H15FN2O2.C14H16N2O2S.C13H10N2O2S2/c1-12-5-4-6-13(2)20(12)18(21)16-11-17(23-19-16)14-7-9-15(22-3)10-8-14;1-9(2)8-16-14(18)12-7-13(19-17-12)10-3-5-11(15)6-4-10;17-14(15-10-5-2-1-3-6-10)11-9-12(18-16-11)13-7-4-8-19-13;16-13(14-8-9-3-1-5-18-9)10-7-11(17-15-10)12-4-2-6-19-12/h7-13H,4-6H2,1-3H3;3-7,9H,8H2,1-2H3,(H,16,18);4,7-10H,1-3,5-6H2,(H,15,17);1-7H,8H2,(H,14,16). The maximum atomic E-state index is 12.8. The normalized spacial score (nSPS) is 15.1. The number of halogens is 1. The lowest BCUT2D eigenvalue weighted by Crippen LogP contribution is -2.47. The largest absolute Gasteiger partial charge is 0.497 e. The second-order valence-electron chi connectivity index (χ2n) is 19.5. The lowest BCUT2D eigenvalue weighted by Gasteiger charge is -2.38. The lowest BCUT2D eigenvalue weighted by molar-refractivity contribution is 0.0500. The van der Waals surface area contributed by atoms with Crippen molar-refractivity contribution < 1.29 is 46.4 Å². The molecule has 2 aliphatic rings. The molecule has 9 aromatic rings. The Bertz CT molecular complexity index is 3320. The zero-order valence-electron chi connectivity index (χ0n) is 45.0. The number of methoxy groups -OCH3 is 1.